The van der Waals surface area contributed by atoms with Gasteiger partial charge in [0, 0.05) is 25.8 Å². The molecule has 0 saturated carbocycles. The fraction of sp³-hybridized carbons (Fsp3) is 0.467. The Kier molecular flexibility index (Phi) is 4.47. The summed E-state index contributed by atoms with van der Waals surface area (Å²) in [5.41, 5.74) is 2.74. The first-order chi connectivity index (χ1) is 9.93. The van der Waals surface area contributed by atoms with Crippen LogP contribution < -0.4 is 5.32 Å². The molecule has 6 heteroatoms. The number of aryl methyl sites for hydroxylation is 1. The molecule has 1 aliphatic heterocycles. The van der Waals surface area contributed by atoms with Gasteiger partial charge in [-0.05, 0) is 31.0 Å². The van der Waals surface area contributed by atoms with E-state index in [-0.39, 0.29) is 12.6 Å². The number of anilines is 1. The highest BCUT2D eigenvalue weighted by Gasteiger charge is 2.39. The Balaban J connectivity index is 2.15. The van der Waals surface area contributed by atoms with Gasteiger partial charge >= 0.3 is 12.0 Å². The van der Waals surface area contributed by atoms with Crippen molar-refractivity contribution in [1.29, 1.82) is 0 Å². The van der Waals surface area contributed by atoms with Gasteiger partial charge in [-0.15, -0.1) is 0 Å². The van der Waals surface area contributed by atoms with Crippen molar-refractivity contribution in [2.24, 2.45) is 0 Å². The van der Waals surface area contributed by atoms with E-state index in [2.05, 4.69) is 5.32 Å². The maximum atomic E-state index is 12.4. The van der Waals surface area contributed by atoms with Crippen LogP contribution in [0, 0.1) is 13.8 Å². The van der Waals surface area contributed by atoms with Gasteiger partial charge in [-0.2, -0.15) is 0 Å². The molecule has 1 aliphatic rings. The van der Waals surface area contributed by atoms with Crippen molar-refractivity contribution in [1.82, 2.24) is 4.90 Å². The summed E-state index contributed by atoms with van der Waals surface area (Å²) in [6.45, 7) is 4.16. The number of aliphatic carboxylic acids is 1. The largest absolute Gasteiger partial charge is 0.480 e. The molecule has 1 aromatic carbocycles. The van der Waals surface area contributed by atoms with Crippen molar-refractivity contribution < 1.29 is 19.4 Å². The van der Waals surface area contributed by atoms with Gasteiger partial charge in [-0.3, -0.25) is 0 Å². The summed E-state index contributed by atoms with van der Waals surface area (Å²) in [6, 6.07) is 4.37. The molecule has 0 radical (unpaired) electrons. The minimum atomic E-state index is -1.01. The Labute approximate surface area is 123 Å². The second-order valence-corrected chi connectivity index (χ2v) is 5.28. The van der Waals surface area contributed by atoms with Gasteiger partial charge in [0.15, 0.2) is 0 Å². The number of hydrogen-bond acceptors (Lipinski definition) is 3. The molecule has 2 amide bonds. The van der Waals surface area contributed by atoms with Crippen molar-refractivity contribution in [3.05, 3.63) is 29.3 Å². The maximum Gasteiger partial charge on any atom is 0.326 e. The molecule has 2 N–H and O–H groups in total. The summed E-state index contributed by atoms with van der Waals surface area (Å²) in [5.74, 6) is -1.01. The first kappa shape index (κ1) is 15.3. The molecule has 0 aliphatic carbocycles. The zero-order chi connectivity index (χ0) is 15.6. The number of methoxy groups -OCH3 is 1. The molecule has 2 rings (SSSR count). The minimum Gasteiger partial charge on any atom is -0.480 e. The zero-order valence-corrected chi connectivity index (χ0v) is 12.4. The fourth-order valence-corrected chi connectivity index (χ4v) is 2.50. The molecule has 1 fully saturated rings. The standard InChI is InChI=1S/C15H20N2O4/c1-9-5-4-6-12(10(9)2)16-15(20)17-8-11(21-3)7-13(17)14(18)19/h4-6,11,13H,7-8H2,1-3H3,(H,16,20)(H,18,19). The molecule has 21 heavy (non-hydrogen) atoms. The number of amides is 2. The second kappa shape index (κ2) is 6.13. The fourth-order valence-electron chi connectivity index (χ4n) is 2.50. The molecule has 0 aromatic heterocycles. The molecule has 1 saturated heterocycles. The van der Waals surface area contributed by atoms with Crippen LogP contribution in [0.2, 0.25) is 0 Å². The molecule has 6 nitrogen and oxygen atoms in total. The molecule has 1 heterocycles. The average molecular weight is 292 g/mol. The van der Waals surface area contributed by atoms with Crippen LogP contribution in [-0.4, -0.2) is 47.8 Å². The van der Waals surface area contributed by atoms with Crippen LogP contribution in [0.4, 0.5) is 10.5 Å². The number of hydrogen-bond donors (Lipinski definition) is 2. The Morgan fingerprint density at radius 3 is 2.71 bits per heavy atom. The van der Waals surface area contributed by atoms with Gasteiger partial charge in [-0.1, -0.05) is 12.1 Å². The van der Waals surface area contributed by atoms with Crippen LogP contribution in [0.5, 0.6) is 0 Å². The first-order valence-electron chi connectivity index (χ1n) is 6.83. The van der Waals surface area contributed by atoms with E-state index in [1.165, 1.54) is 12.0 Å². The van der Waals surface area contributed by atoms with Gasteiger partial charge in [0.2, 0.25) is 0 Å². The van der Waals surface area contributed by atoms with E-state index in [4.69, 9.17) is 4.74 Å². The number of nitrogens with one attached hydrogen (secondary N) is 1. The van der Waals surface area contributed by atoms with E-state index in [0.717, 1.165) is 11.1 Å². The van der Waals surface area contributed by atoms with Crippen molar-refractivity contribution in [3.63, 3.8) is 0 Å². The number of carbonyl (C=O) groups is 2. The SMILES string of the molecule is COC1CC(C(=O)O)N(C(=O)Nc2cccc(C)c2C)C1. The average Bonchev–Trinajstić information content (AvgIpc) is 2.88. The van der Waals surface area contributed by atoms with Crippen molar-refractivity contribution in [2.75, 3.05) is 19.0 Å². The lowest BCUT2D eigenvalue weighted by Crippen LogP contribution is -2.43. The van der Waals surface area contributed by atoms with Crippen LogP contribution in [0.15, 0.2) is 18.2 Å². The highest BCUT2D eigenvalue weighted by Crippen LogP contribution is 2.23. The van der Waals surface area contributed by atoms with Gasteiger partial charge in [0.05, 0.1) is 6.10 Å². The van der Waals surface area contributed by atoms with E-state index in [1.54, 1.807) is 6.07 Å². The quantitative estimate of drug-likeness (QED) is 0.893. The summed E-state index contributed by atoms with van der Waals surface area (Å²) in [6.07, 6.45) is 0.0712. The van der Waals surface area contributed by atoms with Crippen molar-refractivity contribution in [3.8, 4) is 0 Å². The molecular weight excluding hydrogens is 272 g/mol. The van der Waals surface area contributed by atoms with E-state index in [9.17, 15) is 14.7 Å². The number of urea groups is 1. The van der Waals surface area contributed by atoms with Gasteiger partial charge in [0.25, 0.3) is 0 Å². The monoisotopic (exact) mass is 292 g/mol. The Morgan fingerprint density at radius 1 is 1.38 bits per heavy atom. The van der Waals surface area contributed by atoms with Gasteiger partial charge < -0.3 is 20.1 Å². The highest BCUT2D eigenvalue weighted by molar-refractivity contribution is 5.93. The van der Waals surface area contributed by atoms with E-state index in [0.29, 0.717) is 12.1 Å². The topological polar surface area (TPSA) is 78.9 Å². The second-order valence-electron chi connectivity index (χ2n) is 5.28. The molecule has 0 bridgehead atoms. The summed E-state index contributed by atoms with van der Waals surface area (Å²) in [4.78, 5) is 24.9. The predicted octanol–water partition coefficient (Wildman–Crippen LogP) is 2.01. The van der Waals surface area contributed by atoms with Gasteiger partial charge in [0.1, 0.15) is 6.04 Å². The Hall–Kier alpha value is -2.08. The maximum absolute atomic E-state index is 12.4. The first-order valence-corrected chi connectivity index (χ1v) is 6.83. The van der Waals surface area contributed by atoms with E-state index >= 15 is 0 Å². The van der Waals surface area contributed by atoms with Crippen molar-refractivity contribution in [2.45, 2.75) is 32.4 Å². The zero-order valence-electron chi connectivity index (χ0n) is 12.4. The van der Waals surface area contributed by atoms with E-state index < -0.39 is 18.0 Å². The number of carboxylic acids is 1. The molecule has 0 spiro atoms. The smallest absolute Gasteiger partial charge is 0.326 e. The number of likely N-dealkylation sites (tertiary alicyclic amines) is 1. The number of benzene rings is 1. The normalized spacial score (nSPS) is 21.4. The van der Waals surface area contributed by atoms with Crippen LogP contribution in [0.1, 0.15) is 17.5 Å². The molecule has 114 valence electrons. The third-order valence-corrected chi connectivity index (χ3v) is 3.99. The lowest BCUT2D eigenvalue weighted by atomic mass is 10.1. The summed E-state index contributed by atoms with van der Waals surface area (Å²) in [5, 5.41) is 12.0. The van der Waals surface area contributed by atoms with Crippen LogP contribution in [0.25, 0.3) is 0 Å². The third-order valence-electron chi connectivity index (χ3n) is 3.99. The minimum absolute atomic E-state index is 0.240. The Morgan fingerprint density at radius 2 is 2.10 bits per heavy atom. The number of carbonyl (C=O) groups excluding carboxylic acids is 1. The lowest BCUT2D eigenvalue weighted by molar-refractivity contribution is -0.141. The molecule has 2 unspecified atom stereocenters. The van der Waals surface area contributed by atoms with Crippen LogP contribution in [0.3, 0.4) is 0 Å². The van der Waals surface area contributed by atoms with E-state index in [1.807, 2.05) is 26.0 Å². The summed E-state index contributed by atoms with van der Waals surface area (Å²) >= 11 is 0. The summed E-state index contributed by atoms with van der Waals surface area (Å²) in [7, 11) is 1.52. The lowest BCUT2D eigenvalue weighted by Gasteiger charge is -2.22. The number of ether oxygens (including phenoxy) is 1. The van der Waals surface area contributed by atoms with Gasteiger partial charge in [-0.25, -0.2) is 9.59 Å². The number of nitrogens with zero attached hydrogens (tertiary/aromatic N) is 1. The molecule has 1 aromatic rings. The van der Waals surface area contributed by atoms with Crippen LogP contribution >= 0.6 is 0 Å². The van der Waals surface area contributed by atoms with Crippen LogP contribution in [-0.2, 0) is 9.53 Å². The number of rotatable bonds is 3. The molecule has 2 atom stereocenters. The highest BCUT2D eigenvalue weighted by atomic mass is 16.5. The third kappa shape index (κ3) is 3.16. The summed E-state index contributed by atoms with van der Waals surface area (Å²) < 4.78 is 5.18. The number of carboxylic acid groups (broad SMARTS) is 1. The molecular formula is C15H20N2O4. The Bertz CT molecular complexity index is 559. The van der Waals surface area contributed by atoms with Crippen molar-refractivity contribution >= 4 is 17.7 Å². The predicted molar refractivity (Wildman–Crippen MR) is 78.5 cm³/mol.